The monoisotopic (exact) mass is 1010 g/mol. The van der Waals surface area contributed by atoms with Crippen LogP contribution in [0.2, 0.25) is 0 Å². The van der Waals surface area contributed by atoms with Gasteiger partial charge >= 0.3 is 0 Å². The van der Waals surface area contributed by atoms with Gasteiger partial charge in [0.25, 0.3) is 0 Å². The van der Waals surface area contributed by atoms with E-state index in [0.717, 1.165) is 45.0 Å². The molecule has 1 aliphatic heterocycles. The van der Waals surface area contributed by atoms with Crippen molar-refractivity contribution in [1.82, 2.24) is 9.55 Å². The number of aryl methyl sites for hydroxylation is 3. The number of nitrogens with zero attached hydrogens (tertiary/aromatic N) is 4. The summed E-state index contributed by atoms with van der Waals surface area (Å²) in [5.41, 5.74) is 15.9. The van der Waals surface area contributed by atoms with Crippen LogP contribution in [0.25, 0.3) is 38.8 Å². The van der Waals surface area contributed by atoms with Gasteiger partial charge in [-0.3, -0.25) is 0 Å². The zero-order valence-corrected chi connectivity index (χ0v) is 40.9. The van der Waals surface area contributed by atoms with Gasteiger partial charge in [-0.25, -0.2) is 4.98 Å². The molecule has 0 spiro atoms. The molecule has 5 nitrogen and oxygen atoms in total. The van der Waals surface area contributed by atoms with Crippen molar-refractivity contribution in [1.29, 1.82) is 0 Å². The van der Waals surface area contributed by atoms with E-state index in [9.17, 15) is 0 Å². The second-order valence-electron chi connectivity index (χ2n) is 20.2. The van der Waals surface area contributed by atoms with Crippen molar-refractivity contribution >= 4 is 44.6 Å². The van der Waals surface area contributed by atoms with Gasteiger partial charge < -0.3 is 19.1 Å². The van der Waals surface area contributed by atoms with Crippen molar-refractivity contribution in [3.8, 4) is 28.4 Å². The van der Waals surface area contributed by atoms with Gasteiger partial charge in [0.05, 0.1) is 0 Å². The Morgan fingerprint density at radius 3 is 2.02 bits per heavy atom. The number of rotatable bonds is 6. The molecule has 0 amide bonds. The molecule has 0 saturated carbocycles. The Balaban J connectivity index is 0.00000544. The van der Waals surface area contributed by atoms with E-state index in [4.69, 9.17) is 9.72 Å². The fourth-order valence-corrected chi connectivity index (χ4v) is 9.10. The minimum Gasteiger partial charge on any atom is -0.509 e. The molecule has 3 heterocycles. The van der Waals surface area contributed by atoms with Gasteiger partial charge in [-0.05, 0) is 118 Å². The topological polar surface area (TPSA) is 33.5 Å². The molecule has 0 N–H and O–H groups in total. The number of fused-ring (bicyclic) bond motifs is 4. The fraction of sp³-hybridized carbons (Fsp3) is 0.263. The first-order valence-electron chi connectivity index (χ1n) is 21.8. The minimum atomic E-state index is -0.194. The van der Waals surface area contributed by atoms with E-state index in [1.165, 1.54) is 49.9 Å². The first kappa shape index (κ1) is 44.0. The number of para-hydroxylation sites is 1. The zero-order chi connectivity index (χ0) is 43.9. The molecule has 324 valence electrons. The molecule has 0 unspecified atom stereocenters. The van der Waals surface area contributed by atoms with Crippen LogP contribution < -0.4 is 14.5 Å². The number of benzene rings is 6. The first-order chi connectivity index (χ1) is 29.3. The van der Waals surface area contributed by atoms with Gasteiger partial charge in [0, 0.05) is 61.3 Å². The van der Waals surface area contributed by atoms with Gasteiger partial charge in [-0.1, -0.05) is 127 Å². The van der Waals surface area contributed by atoms with Crippen LogP contribution in [0.1, 0.15) is 95.7 Å². The molecule has 0 aliphatic carbocycles. The van der Waals surface area contributed by atoms with E-state index in [1.807, 2.05) is 12.3 Å². The third-order valence-corrected chi connectivity index (χ3v) is 12.2. The molecule has 0 radical (unpaired) electrons. The summed E-state index contributed by atoms with van der Waals surface area (Å²) in [6, 6.07) is 48.9. The minimum absolute atomic E-state index is 0. The van der Waals surface area contributed by atoms with E-state index in [1.54, 1.807) is 0 Å². The Labute approximate surface area is 389 Å². The van der Waals surface area contributed by atoms with E-state index in [-0.39, 0.29) is 37.3 Å². The third-order valence-electron chi connectivity index (χ3n) is 12.2. The summed E-state index contributed by atoms with van der Waals surface area (Å²) >= 11 is 0. The SMILES string of the molecule is Cc1cc(C)c(-c2ccc3c(c2)N(c2[c-]c(Oc4[c-]c5c(c(C(C)(C)C)c4)c4ccccc4n5-c4cc(C(C)(C)C)ccn4)ccc2)[CH-]N3c2cccc(C(C)(C)C)c2)c(C)c1.[Pt]. The molecule has 2 aromatic heterocycles. The molecule has 6 heteroatoms. The maximum atomic E-state index is 6.88. The number of aromatic nitrogens is 2. The summed E-state index contributed by atoms with van der Waals surface area (Å²) in [5, 5.41) is 2.33. The van der Waals surface area contributed by atoms with Crippen LogP contribution >= 0.6 is 0 Å². The quantitative estimate of drug-likeness (QED) is 0.155. The van der Waals surface area contributed by atoms with Crippen molar-refractivity contribution < 1.29 is 25.8 Å². The molecule has 0 fully saturated rings. The molecule has 8 aromatic rings. The Bertz CT molecular complexity index is 3010. The Kier molecular flexibility index (Phi) is 11.3. The predicted octanol–water partition coefficient (Wildman–Crippen LogP) is 15.5. The van der Waals surface area contributed by atoms with E-state index in [0.29, 0.717) is 11.5 Å². The summed E-state index contributed by atoms with van der Waals surface area (Å²) in [6.07, 6.45) is 1.92. The number of pyridine rings is 1. The largest absolute Gasteiger partial charge is 0.509 e. The summed E-state index contributed by atoms with van der Waals surface area (Å²) in [6.45, 7) is 29.1. The third kappa shape index (κ3) is 8.22. The molecule has 0 bridgehead atoms. The fourth-order valence-electron chi connectivity index (χ4n) is 9.10. The number of ether oxygens (including phenoxy) is 1. The second kappa shape index (κ2) is 16.2. The van der Waals surface area contributed by atoms with Gasteiger partial charge in [-0.2, -0.15) is 6.07 Å². The number of hydrogen-bond acceptors (Lipinski definition) is 4. The van der Waals surface area contributed by atoms with E-state index < -0.39 is 0 Å². The normalized spacial score (nSPS) is 13.1. The summed E-state index contributed by atoms with van der Waals surface area (Å²) < 4.78 is 9.12. The molecule has 0 atom stereocenters. The van der Waals surface area contributed by atoms with E-state index >= 15 is 0 Å². The standard InChI is InChI=1S/C57H57N4O.Pt/c1-36-27-37(2)53(38(3)28-36)39-23-24-49-50(29-39)60(35-59(49)42-18-15-17-40(30-42)55(4,5)6)43-19-16-20-44(32-43)62-45-33-47(57(10,11)12)54-46-21-13-14-22-48(46)61(51(54)34-45)52-31-41(25-26-58-52)56(7,8)9;/h13-31,33,35H,1-12H3;/q-3;. The Hall–Kier alpha value is -5.64. The van der Waals surface area contributed by atoms with Gasteiger partial charge in [0.1, 0.15) is 5.82 Å². The summed E-state index contributed by atoms with van der Waals surface area (Å²) in [4.78, 5) is 9.48. The maximum Gasteiger partial charge on any atom is 0.135 e. The molecular formula is C57H57N4OPt-3. The van der Waals surface area contributed by atoms with Gasteiger partial charge in [0.2, 0.25) is 0 Å². The van der Waals surface area contributed by atoms with Crippen LogP contribution in [0.5, 0.6) is 11.5 Å². The van der Waals surface area contributed by atoms with Crippen molar-refractivity contribution in [3.05, 3.63) is 174 Å². The van der Waals surface area contributed by atoms with Crippen molar-refractivity contribution in [2.75, 3.05) is 9.80 Å². The van der Waals surface area contributed by atoms with Crippen LogP contribution in [0.3, 0.4) is 0 Å². The average molecular weight is 1010 g/mol. The van der Waals surface area contributed by atoms with Crippen molar-refractivity contribution in [2.24, 2.45) is 0 Å². The summed E-state index contributed by atoms with van der Waals surface area (Å²) in [5.74, 6) is 2.10. The van der Waals surface area contributed by atoms with Gasteiger partial charge in [0.15, 0.2) is 0 Å². The van der Waals surface area contributed by atoms with Crippen molar-refractivity contribution in [3.63, 3.8) is 0 Å². The van der Waals surface area contributed by atoms with Crippen molar-refractivity contribution in [2.45, 2.75) is 99.3 Å². The van der Waals surface area contributed by atoms with Crippen LogP contribution in [0.4, 0.5) is 22.7 Å². The Morgan fingerprint density at radius 2 is 1.30 bits per heavy atom. The van der Waals surface area contributed by atoms with Crippen LogP contribution in [-0.4, -0.2) is 9.55 Å². The van der Waals surface area contributed by atoms with Crippen LogP contribution in [-0.2, 0) is 37.3 Å². The average Bonchev–Trinajstić information content (AvgIpc) is 3.75. The molecule has 0 saturated heterocycles. The van der Waals surface area contributed by atoms with Gasteiger partial charge in [-0.15, -0.1) is 48.3 Å². The maximum absolute atomic E-state index is 6.88. The molecule has 6 aromatic carbocycles. The van der Waals surface area contributed by atoms with Crippen LogP contribution in [0, 0.1) is 39.6 Å². The van der Waals surface area contributed by atoms with Crippen LogP contribution in [0.15, 0.2) is 121 Å². The molecular weight excluding hydrogens is 952 g/mol. The smallest absolute Gasteiger partial charge is 0.135 e. The second-order valence-corrected chi connectivity index (χ2v) is 20.2. The summed E-state index contributed by atoms with van der Waals surface area (Å²) in [7, 11) is 0. The first-order valence-corrected chi connectivity index (χ1v) is 21.8. The molecule has 9 rings (SSSR count). The van der Waals surface area contributed by atoms with E-state index in [2.05, 4.69) is 225 Å². The molecule has 63 heavy (non-hydrogen) atoms. The Morgan fingerprint density at radius 1 is 0.603 bits per heavy atom. The number of hydrogen-bond donors (Lipinski definition) is 0. The predicted molar refractivity (Wildman–Crippen MR) is 260 cm³/mol. The zero-order valence-electron chi connectivity index (χ0n) is 38.6. The molecule has 1 aliphatic rings. The number of anilines is 4.